The van der Waals surface area contributed by atoms with Gasteiger partial charge in [0.05, 0.1) is 39.4 Å². The lowest BCUT2D eigenvalue weighted by atomic mass is 9.82. The number of hydrogen-bond acceptors (Lipinski definition) is 10. The number of carbonyl (C=O) groups excluding carboxylic acids is 3. The minimum Gasteiger partial charge on any atom is -0.493 e. The molecule has 320 valence electrons. The number of nitrogens with zero attached hydrogens (tertiary/aromatic N) is 1. The average molecular weight is 850 g/mol. The molecule has 0 aliphatic rings. The van der Waals surface area contributed by atoms with Crippen LogP contribution in [0.3, 0.4) is 0 Å². The normalized spacial score (nSPS) is 11.1. The molecule has 0 unspecified atom stereocenters. The molecule has 15 heteroatoms. The Labute approximate surface area is 357 Å². The minimum absolute atomic E-state index is 0.0577. The van der Waals surface area contributed by atoms with Crippen molar-refractivity contribution in [2.24, 2.45) is 5.14 Å². The molecule has 0 spiro atoms. The van der Waals surface area contributed by atoms with E-state index in [1.807, 2.05) is 64.1 Å². The van der Waals surface area contributed by atoms with Gasteiger partial charge in [0, 0.05) is 51.9 Å². The number of carbonyl (C=O) groups is 3. The molecule has 0 aliphatic heterocycles. The number of nitrogens with one attached hydrogen (secondary N) is 3. The van der Waals surface area contributed by atoms with E-state index in [0.29, 0.717) is 64.0 Å². The first kappa shape index (κ1) is 46.8. The molecule has 0 aromatic heterocycles. The standard InChI is InChI=1S/C26H29N3O6S.C20H22N2O3/c1-26(2,16-28-24(30)17-5-12-21(13-6-17)36(27,32)33)19-8-10-20(11-9-19)29-25(31)18-7-14-22(34-3)23(15-18)35-4;1-20(2,11-12-21)15-6-8-16(9-7-15)22-19(23)14-5-10-17(24-3)18(13-14)25-4/h5-15H,16H2,1-4H3,(H,28,30)(H,29,31)(H2,27,32,33);5-10,13H,11H2,1-4H3,(H,22,23). The van der Waals surface area contributed by atoms with E-state index in [-0.39, 0.29) is 28.0 Å². The number of nitriles is 1. The maximum atomic E-state index is 12.7. The fraction of sp³-hybridized carbons (Fsp3) is 0.261. The average Bonchev–Trinajstić information content (AvgIpc) is 3.25. The lowest BCUT2D eigenvalue weighted by molar-refractivity contribution is 0.0944. The minimum atomic E-state index is -3.82. The molecule has 5 aromatic rings. The summed E-state index contributed by atoms with van der Waals surface area (Å²) in [5.41, 5.74) is 3.91. The number of primary sulfonamides is 1. The highest BCUT2D eigenvalue weighted by Gasteiger charge is 2.23. The van der Waals surface area contributed by atoms with Crippen molar-refractivity contribution in [3.63, 3.8) is 0 Å². The third-order valence-corrected chi connectivity index (χ3v) is 10.7. The Kier molecular flexibility index (Phi) is 15.6. The van der Waals surface area contributed by atoms with Crippen molar-refractivity contribution < 1.29 is 41.7 Å². The second-order valence-corrected chi connectivity index (χ2v) is 16.6. The largest absolute Gasteiger partial charge is 0.493 e. The zero-order chi connectivity index (χ0) is 45.0. The van der Waals surface area contributed by atoms with E-state index in [4.69, 9.17) is 29.3 Å². The van der Waals surface area contributed by atoms with Gasteiger partial charge in [-0.1, -0.05) is 52.0 Å². The lowest BCUT2D eigenvalue weighted by Crippen LogP contribution is -2.36. The van der Waals surface area contributed by atoms with Crippen LogP contribution < -0.4 is 40.0 Å². The van der Waals surface area contributed by atoms with Gasteiger partial charge in [-0.2, -0.15) is 5.26 Å². The van der Waals surface area contributed by atoms with Crippen LogP contribution in [0, 0.1) is 11.3 Å². The Morgan fingerprint density at radius 2 is 0.967 bits per heavy atom. The molecule has 61 heavy (non-hydrogen) atoms. The summed E-state index contributed by atoms with van der Waals surface area (Å²) in [6, 6.07) is 32.5. The number of ether oxygens (including phenoxy) is 4. The summed E-state index contributed by atoms with van der Waals surface area (Å²) in [4.78, 5) is 37.5. The van der Waals surface area contributed by atoms with Crippen LogP contribution in [0.2, 0.25) is 0 Å². The molecule has 3 amide bonds. The number of hydrogen-bond donors (Lipinski definition) is 4. The summed E-state index contributed by atoms with van der Waals surface area (Å²) in [5, 5.41) is 22.6. The van der Waals surface area contributed by atoms with Crippen LogP contribution in [-0.4, -0.2) is 61.1 Å². The number of methoxy groups -OCH3 is 4. The molecule has 0 atom stereocenters. The predicted molar refractivity (Wildman–Crippen MR) is 234 cm³/mol. The van der Waals surface area contributed by atoms with Gasteiger partial charge in [0.2, 0.25) is 10.0 Å². The molecule has 0 bridgehead atoms. The lowest BCUT2D eigenvalue weighted by Gasteiger charge is -2.26. The molecule has 14 nitrogen and oxygen atoms in total. The second-order valence-electron chi connectivity index (χ2n) is 15.1. The number of anilines is 2. The first-order valence-electron chi connectivity index (χ1n) is 18.9. The molecule has 5 rings (SSSR count). The van der Waals surface area contributed by atoms with Crippen LogP contribution >= 0.6 is 0 Å². The van der Waals surface area contributed by atoms with E-state index in [9.17, 15) is 22.8 Å². The SMILES string of the molecule is COc1ccc(C(=O)Nc2ccc(C(C)(C)CC#N)cc2)cc1OC.COc1ccc(C(=O)Nc2ccc(C(C)(C)CNC(=O)c3ccc(S(N)(=O)=O)cc3)cc2)cc1OC. The van der Waals surface area contributed by atoms with E-state index in [1.165, 1.54) is 45.6 Å². The molecular formula is C46H51N5O9S. The molecule has 0 saturated carbocycles. The van der Waals surface area contributed by atoms with Gasteiger partial charge in [0.15, 0.2) is 23.0 Å². The van der Waals surface area contributed by atoms with Gasteiger partial charge < -0.3 is 34.9 Å². The summed E-state index contributed by atoms with van der Waals surface area (Å²) in [6.45, 7) is 8.34. The maximum absolute atomic E-state index is 12.7. The molecule has 0 heterocycles. The van der Waals surface area contributed by atoms with E-state index in [1.54, 1.807) is 55.6 Å². The van der Waals surface area contributed by atoms with Gasteiger partial charge in [-0.05, 0) is 96.1 Å². The molecule has 0 fully saturated rings. The van der Waals surface area contributed by atoms with Crippen molar-refractivity contribution in [1.29, 1.82) is 5.26 Å². The number of rotatable bonds is 15. The fourth-order valence-electron chi connectivity index (χ4n) is 5.97. The first-order valence-corrected chi connectivity index (χ1v) is 20.5. The molecule has 0 saturated heterocycles. The van der Waals surface area contributed by atoms with Gasteiger partial charge in [0.1, 0.15) is 0 Å². The highest BCUT2D eigenvalue weighted by molar-refractivity contribution is 7.89. The molecule has 0 radical (unpaired) electrons. The maximum Gasteiger partial charge on any atom is 0.255 e. The van der Waals surface area contributed by atoms with Gasteiger partial charge >= 0.3 is 0 Å². The number of amides is 3. The molecule has 5 aromatic carbocycles. The monoisotopic (exact) mass is 849 g/mol. The topological polar surface area (TPSA) is 208 Å². The summed E-state index contributed by atoms with van der Waals surface area (Å²) < 4.78 is 43.6. The van der Waals surface area contributed by atoms with Gasteiger partial charge in [-0.25, -0.2) is 13.6 Å². The summed E-state index contributed by atoms with van der Waals surface area (Å²) in [7, 11) is 2.29. The van der Waals surface area contributed by atoms with E-state index >= 15 is 0 Å². The Morgan fingerprint density at radius 3 is 1.34 bits per heavy atom. The third-order valence-electron chi connectivity index (χ3n) is 9.80. The summed E-state index contributed by atoms with van der Waals surface area (Å²) in [5.74, 6) is 1.22. The molecule has 5 N–H and O–H groups in total. The van der Waals surface area contributed by atoms with Crippen molar-refractivity contribution in [1.82, 2.24) is 5.32 Å². The smallest absolute Gasteiger partial charge is 0.255 e. The van der Waals surface area contributed by atoms with Gasteiger partial charge in [0.25, 0.3) is 17.7 Å². The number of sulfonamides is 1. The van der Waals surface area contributed by atoms with Crippen molar-refractivity contribution in [2.75, 3.05) is 45.6 Å². The Bertz CT molecular complexity index is 2480. The van der Waals surface area contributed by atoms with Crippen molar-refractivity contribution in [2.45, 2.75) is 49.8 Å². The molecule has 0 aliphatic carbocycles. The zero-order valence-electron chi connectivity index (χ0n) is 35.4. The zero-order valence-corrected chi connectivity index (χ0v) is 36.2. The van der Waals surface area contributed by atoms with Crippen LogP contribution in [0.15, 0.2) is 114 Å². The quantitative estimate of drug-likeness (QED) is 0.0818. The van der Waals surface area contributed by atoms with Crippen LogP contribution in [0.5, 0.6) is 23.0 Å². The van der Waals surface area contributed by atoms with Gasteiger partial charge in [-0.3, -0.25) is 14.4 Å². The summed E-state index contributed by atoms with van der Waals surface area (Å²) >= 11 is 0. The predicted octanol–water partition coefficient (Wildman–Crippen LogP) is 7.46. The molecular weight excluding hydrogens is 799 g/mol. The highest BCUT2D eigenvalue weighted by atomic mass is 32.2. The Morgan fingerprint density at radius 1 is 0.574 bits per heavy atom. The first-order chi connectivity index (χ1) is 28.8. The van der Waals surface area contributed by atoms with Gasteiger partial charge in [-0.15, -0.1) is 0 Å². The van der Waals surface area contributed by atoms with E-state index in [0.717, 1.165) is 11.1 Å². The van der Waals surface area contributed by atoms with E-state index < -0.39 is 15.4 Å². The second kappa shape index (κ2) is 20.4. The number of benzene rings is 5. The van der Waals surface area contributed by atoms with Crippen molar-refractivity contribution in [3.05, 3.63) is 137 Å². The summed E-state index contributed by atoms with van der Waals surface area (Å²) in [6.07, 6.45) is 0.435. The van der Waals surface area contributed by atoms with Crippen molar-refractivity contribution >= 4 is 39.1 Å². The third kappa shape index (κ3) is 12.6. The van der Waals surface area contributed by atoms with E-state index in [2.05, 4.69) is 22.0 Å². The fourth-order valence-corrected chi connectivity index (χ4v) is 6.49. The van der Waals surface area contributed by atoms with Crippen LogP contribution in [0.25, 0.3) is 0 Å². The number of nitrogens with two attached hydrogens (primary N) is 1. The highest BCUT2D eigenvalue weighted by Crippen LogP contribution is 2.31. The van der Waals surface area contributed by atoms with Crippen LogP contribution in [-0.2, 0) is 20.9 Å². The Hall–Kier alpha value is -6.89. The van der Waals surface area contributed by atoms with Crippen LogP contribution in [0.4, 0.5) is 11.4 Å². The van der Waals surface area contributed by atoms with Crippen LogP contribution in [0.1, 0.15) is 76.3 Å². The Balaban J connectivity index is 0.000000287. The van der Waals surface area contributed by atoms with Crippen molar-refractivity contribution in [3.8, 4) is 29.1 Å².